The zero-order valence-corrected chi connectivity index (χ0v) is 8.21. The van der Waals surface area contributed by atoms with Crippen molar-refractivity contribution < 1.29 is 17.9 Å². The summed E-state index contributed by atoms with van der Waals surface area (Å²) in [5.41, 5.74) is 4.29. The van der Waals surface area contributed by atoms with E-state index >= 15 is 0 Å². The van der Waals surface area contributed by atoms with E-state index in [1.165, 1.54) is 19.1 Å². The molecule has 0 amide bonds. The lowest BCUT2D eigenvalue weighted by molar-refractivity contribution is -0.280. The third-order valence-corrected chi connectivity index (χ3v) is 1.92. The summed E-state index contributed by atoms with van der Waals surface area (Å²) in [6.07, 6.45) is 0. The van der Waals surface area contributed by atoms with Crippen LogP contribution in [0.4, 0.5) is 13.2 Å². The normalized spacial score (nSPS) is 16.1. The lowest BCUT2D eigenvalue weighted by atomic mass is 10.1. The summed E-state index contributed by atoms with van der Waals surface area (Å²) in [7, 11) is 0. The summed E-state index contributed by atoms with van der Waals surface area (Å²) in [6, 6.07) is 6.51. The highest BCUT2D eigenvalue weighted by Gasteiger charge is 2.54. The Balaban J connectivity index is 3.01. The number of ether oxygens (including phenoxy) is 1. The molecule has 0 bridgehead atoms. The zero-order valence-electron chi connectivity index (χ0n) is 8.21. The van der Waals surface area contributed by atoms with E-state index in [-0.39, 0.29) is 6.61 Å². The maximum absolute atomic E-state index is 13.5. The Kier molecular flexibility index (Phi) is 3.36. The summed E-state index contributed by atoms with van der Waals surface area (Å²) in [6.45, 7) is 1.16. The van der Waals surface area contributed by atoms with Crippen LogP contribution in [0.5, 0.6) is 0 Å². The first-order chi connectivity index (χ1) is 6.92. The maximum Gasteiger partial charge on any atom is 0.344 e. The number of rotatable bonds is 4. The minimum atomic E-state index is -3.87. The molecule has 0 saturated carbocycles. The monoisotopic (exact) mass is 219 g/mol. The standard InChI is InChI=1S/C10H12F3NO/c1-2-15-10(13,14)9(11,12)8-6-4-3-5-7-8/h3-7H,2,14H2,1H3. The van der Waals surface area contributed by atoms with E-state index in [1.807, 2.05) is 0 Å². The van der Waals surface area contributed by atoms with Crippen LogP contribution in [0, 0.1) is 0 Å². The van der Waals surface area contributed by atoms with Crippen LogP contribution >= 0.6 is 0 Å². The molecule has 0 spiro atoms. The van der Waals surface area contributed by atoms with Gasteiger partial charge in [-0.1, -0.05) is 30.3 Å². The number of hydrogen-bond acceptors (Lipinski definition) is 2. The van der Waals surface area contributed by atoms with Crippen molar-refractivity contribution in [2.75, 3.05) is 6.61 Å². The molecule has 1 aromatic carbocycles. The summed E-state index contributed by atoms with van der Waals surface area (Å²) in [5, 5.41) is 0. The van der Waals surface area contributed by atoms with Gasteiger partial charge in [0.05, 0.1) is 0 Å². The third-order valence-electron chi connectivity index (χ3n) is 1.92. The van der Waals surface area contributed by atoms with E-state index in [2.05, 4.69) is 4.74 Å². The molecule has 0 aromatic heterocycles. The third kappa shape index (κ3) is 2.30. The van der Waals surface area contributed by atoms with Crippen LogP contribution in [0.2, 0.25) is 0 Å². The van der Waals surface area contributed by atoms with Gasteiger partial charge < -0.3 is 4.74 Å². The first-order valence-corrected chi connectivity index (χ1v) is 4.47. The molecule has 2 nitrogen and oxygen atoms in total. The quantitative estimate of drug-likeness (QED) is 0.623. The average molecular weight is 219 g/mol. The first-order valence-electron chi connectivity index (χ1n) is 4.47. The van der Waals surface area contributed by atoms with Crippen molar-refractivity contribution in [3.8, 4) is 0 Å². The Morgan fingerprint density at radius 1 is 1.20 bits per heavy atom. The first kappa shape index (κ1) is 12.0. The molecule has 0 aliphatic carbocycles. The number of hydrogen-bond donors (Lipinski definition) is 1. The molecule has 2 N–H and O–H groups in total. The molecule has 0 fully saturated rings. The van der Waals surface area contributed by atoms with Gasteiger partial charge in [0.2, 0.25) is 0 Å². The van der Waals surface area contributed by atoms with E-state index < -0.39 is 17.5 Å². The highest BCUT2D eigenvalue weighted by Crippen LogP contribution is 2.38. The van der Waals surface area contributed by atoms with Crippen LogP contribution in [0.1, 0.15) is 12.5 Å². The molecule has 0 aliphatic rings. The molecule has 0 aliphatic heterocycles. The highest BCUT2D eigenvalue weighted by atomic mass is 19.3. The summed E-state index contributed by atoms with van der Waals surface area (Å²) >= 11 is 0. The van der Waals surface area contributed by atoms with Gasteiger partial charge in [-0.05, 0) is 6.92 Å². The van der Waals surface area contributed by atoms with Gasteiger partial charge in [0.15, 0.2) is 0 Å². The molecular formula is C10H12F3NO. The lowest BCUT2D eigenvalue weighted by Crippen LogP contribution is -2.52. The second-order valence-electron chi connectivity index (χ2n) is 3.02. The van der Waals surface area contributed by atoms with Crippen LogP contribution in [0.25, 0.3) is 0 Å². The summed E-state index contributed by atoms with van der Waals surface area (Å²) in [4.78, 5) is 0. The minimum absolute atomic E-state index is 0.227. The Bertz CT molecular complexity index is 314. The van der Waals surface area contributed by atoms with Crippen LogP contribution in [0.3, 0.4) is 0 Å². The SMILES string of the molecule is CCOC(N)(F)C(F)(F)c1ccccc1. The smallest absolute Gasteiger partial charge is 0.329 e. The van der Waals surface area contributed by atoms with Crippen molar-refractivity contribution in [3.63, 3.8) is 0 Å². The molecule has 84 valence electrons. The van der Waals surface area contributed by atoms with Gasteiger partial charge in [-0.15, -0.1) is 0 Å². The van der Waals surface area contributed by atoms with Crippen LogP contribution in [-0.4, -0.2) is 12.6 Å². The van der Waals surface area contributed by atoms with Crippen molar-refractivity contribution >= 4 is 0 Å². The number of benzene rings is 1. The largest absolute Gasteiger partial charge is 0.344 e. The topological polar surface area (TPSA) is 35.2 Å². The van der Waals surface area contributed by atoms with Crippen LogP contribution in [0.15, 0.2) is 30.3 Å². The molecule has 15 heavy (non-hydrogen) atoms. The predicted molar refractivity (Wildman–Crippen MR) is 50.0 cm³/mol. The fourth-order valence-corrected chi connectivity index (χ4v) is 1.14. The number of nitrogens with two attached hydrogens (primary N) is 1. The molecule has 1 aromatic rings. The lowest BCUT2D eigenvalue weighted by Gasteiger charge is -2.29. The maximum atomic E-state index is 13.5. The second kappa shape index (κ2) is 4.20. The Hall–Kier alpha value is -1.07. The van der Waals surface area contributed by atoms with Crippen molar-refractivity contribution in [3.05, 3.63) is 35.9 Å². The molecule has 0 heterocycles. The Morgan fingerprint density at radius 3 is 2.20 bits per heavy atom. The molecule has 1 rings (SSSR count). The van der Waals surface area contributed by atoms with E-state index in [0.29, 0.717) is 0 Å². The van der Waals surface area contributed by atoms with Crippen LogP contribution in [-0.2, 0) is 10.7 Å². The fraction of sp³-hybridized carbons (Fsp3) is 0.400. The second-order valence-corrected chi connectivity index (χ2v) is 3.02. The van der Waals surface area contributed by atoms with Gasteiger partial charge >= 0.3 is 11.9 Å². The van der Waals surface area contributed by atoms with Crippen molar-refractivity contribution in [2.45, 2.75) is 18.8 Å². The van der Waals surface area contributed by atoms with Gasteiger partial charge in [-0.25, -0.2) is 0 Å². The van der Waals surface area contributed by atoms with E-state index in [1.54, 1.807) is 6.07 Å². The average Bonchev–Trinajstić information content (AvgIpc) is 2.19. The van der Waals surface area contributed by atoms with Crippen LogP contribution < -0.4 is 5.73 Å². The molecule has 1 atom stereocenters. The summed E-state index contributed by atoms with van der Waals surface area (Å²) < 4.78 is 44.6. The van der Waals surface area contributed by atoms with Gasteiger partial charge in [0, 0.05) is 12.2 Å². The molecule has 1 unspecified atom stereocenters. The molecule has 0 saturated heterocycles. The fourth-order valence-electron chi connectivity index (χ4n) is 1.14. The number of halogens is 3. The molecular weight excluding hydrogens is 207 g/mol. The van der Waals surface area contributed by atoms with E-state index in [4.69, 9.17) is 5.73 Å². The summed E-state index contributed by atoms with van der Waals surface area (Å²) in [5.74, 6) is -7.35. The van der Waals surface area contributed by atoms with Crippen molar-refractivity contribution in [2.24, 2.45) is 5.73 Å². The zero-order chi connectivity index (χ0) is 11.5. The highest BCUT2D eigenvalue weighted by molar-refractivity contribution is 5.22. The van der Waals surface area contributed by atoms with Gasteiger partial charge in [-0.3, -0.25) is 5.73 Å². The van der Waals surface area contributed by atoms with Crippen molar-refractivity contribution in [1.29, 1.82) is 0 Å². The Labute approximate surface area is 85.8 Å². The predicted octanol–water partition coefficient (Wildman–Crippen LogP) is 2.40. The van der Waals surface area contributed by atoms with Crippen molar-refractivity contribution in [1.82, 2.24) is 0 Å². The Morgan fingerprint density at radius 2 is 1.73 bits per heavy atom. The molecule has 0 radical (unpaired) electrons. The van der Waals surface area contributed by atoms with Gasteiger partial charge in [-0.2, -0.15) is 13.2 Å². The van der Waals surface area contributed by atoms with Gasteiger partial charge in [0.25, 0.3) is 0 Å². The van der Waals surface area contributed by atoms with E-state index in [9.17, 15) is 13.2 Å². The van der Waals surface area contributed by atoms with Gasteiger partial charge in [0.1, 0.15) is 0 Å². The number of alkyl halides is 3. The molecule has 5 heteroatoms. The van der Waals surface area contributed by atoms with E-state index in [0.717, 1.165) is 12.1 Å². The minimum Gasteiger partial charge on any atom is -0.329 e.